The van der Waals surface area contributed by atoms with Gasteiger partial charge in [-0.3, -0.25) is 10.3 Å². The average molecular weight is 446 g/mol. The summed E-state index contributed by atoms with van der Waals surface area (Å²) in [7, 11) is 3.21. The van der Waals surface area contributed by atoms with Gasteiger partial charge in [0, 0.05) is 7.05 Å². The minimum atomic E-state index is -0.544. The molecule has 3 aromatic rings. The van der Waals surface area contributed by atoms with E-state index in [0.29, 0.717) is 37.2 Å². The maximum atomic E-state index is 11.6. The Balaban J connectivity index is 1.53. The van der Waals surface area contributed by atoms with Gasteiger partial charge in [0.15, 0.2) is 11.5 Å². The van der Waals surface area contributed by atoms with E-state index in [9.17, 15) is 4.79 Å². The molecule has 1 N–H and O–H groups in total. The maximum Gasteiger partial charge on any atom is 0.413 e. The minimum Gasteiger partial charge on any atom is -0.485 e. The summed E-state index contributed by atoms with van der Waals surface area (Å²) in [6.07, 6.45) is -0.544. The smallest absolute Gasteiger partial charge is 0.413 e. The van der Waals surface area contributed by atoms with Gasteiger partial charge in [-0.25, -0.2) is 4.79 Å². The molecule has 0 saturated carbocycles. The highest BCUT2D eigenvalue weighted by Crippen LogP contribution is 2.34. The van der Waals surface area contributed by atoms with Crippen LogP contribution in [0.3, 0.4) is 0 Å². The molecule has 1 atom stereocenters. The minimum absolute atomic E-state index is 0.0422. The van der Waals surface area contributed by atoms with Crippen molar-refractivity contribution in [3.05, 3.63) is 95.6 Å². The third-order valence-electron chi connectivity index (χ3n) is 5.44. The van der Waals surface area contributed by atoms with Crippen LogP contribution >= 0.6 is 0 Å². The van der Waals surface area contributed by atoms with E-state index in [1.54, 1.807) is 0 Å². The summed E-state index contributed by atoms with van der Waals surface area (Å²) >= 11 is 0. The number of carbonyl (C=O) groups is 1. The van der Waals surface area contributed by atoms with Crippen LogP contribution in [0.2, 0.25) is 0 Å². The molecule has 1 heterocycles. The molecule has 0 fully saturated rings. The molecule has 0 bridgehead atoms. The zero-order valence-corrected chi connectivity index (χ0v) is 18.7. The van der Waals surface area contributed by atoms with Crippen molar-refractivity contribution in [1.82, 2.24) is 10.2 Å². The number of hydrogen-bond donors (Lipinski definition) is 1. The van der Waals surface area contributed by atoms with Crippen LogP contribution < -0.4 is 14.8 Å². The van der Waals surface area contributed by atoms with Crippen LogP contribution in [0.25, 0.3) is 0 Å². The van der Waals surface area contributed by atoms with Gasteiger partial charge in [0.25, 0.3) is 0 Å². The summed E-state index contributed by atoms with van der Waals surface area (Å²) in [5.41, 5.74) is 3.17. The number of amides is 1. The molecular weight excluding hydrogens is 418 g/mol. The molecule has 1 unspecified atom stereocenters. The lowest BCUT2D eigenvalue weighted by Crippen LogP contribution is -2.40. The van der Waals surface area contributed by atoms with E-state index in [2.05, 4.69) is 15.0 Å². The second-order valence-electron chi connectivity index (χ2n) is 7.66. The van der Waals surface area contributed by atoms with Gasteiger partial charge in [-0.15, -0.1) is 0 Å². The molecule has 0 aromatic heterocycles. The predicted molar refractivity (Wildman–Crippen MR) is 126 cm³/mol. The summed E-state index contributed by atoms with van der Waals surface area (Å²) in [6.45, 7) is 1.39. The van der Waals surface area contributed by atoms with Crippen LogP contribution in [-0.2, 0) is 18.0 Å². The van der Waals surface area contributed by atoms with Crippen molar-refractivity contribution in [2.45, 2.75) is 19.3 Å². The number of likely N-dealkylation sites (N-methyl/N-ethyl adjacent to an activating group) is 1. The van der Waals surface area contributed by atoms with Crippen LogP contribution in [0.15, 0.2) is 83.9 Å². The Morgan fingerprint density at radius 1 is 0.939 bits per heavy atom. The highest BCUT2D eigenvalue weighted by Gasteiger charge is 2.28. The van der Waals surface area contributed by atoms with Gasteiger partial charge in [0.1, 0.15) is 13.2 Å². The third kappa shape index (κ3) is 5.63. The van der Waals surface area contributed by atoms with Gasteiger partial charge in [-0.2, -0.15) is 0 Å². The molecule has 1 amide bonds. The Bertz CT molecular complexity index is 1100. The van der Waals surface area contributed by atoms with Crippen molar-refractivity contribution in [2.75, 3.05) is 20.7 Å². The van der Waals surface area contributed by atoms with E-state index in [1.165, 1.54) is 7.11 Å². The second-order valence-corrected chi connectivity index (χ2v) is 7.66. The Morgan fingerprint density at radius 3 is 2.15 bits per heavy atom. The van der Waals surface area contributed by atoms with Crippen LogP contribution in [-0.4, -0.2) is 37.7 Å². The quantitative estimate of drug-likeness (QED) is 0.578. The van der Waals surface area contributed by atoms with E-state index >= 15 is 0 Å². The number of aliphatic imine (C=N–C) groups is 1. The zero-order valence-electron chi connectivity index (χ0n) is 18.7. The third-order valence-corrected chi connectivity index (χ3v) is 5.44. The fourth-order valence-electron chi connectivity index (χ4n) is 3.59. The van der Waals surface area contributed by atoms with E-state index < -0.39 is 6.09 Å². The van der Waals surface area contributed by atoms with Gasteiger partial charge in [-0.1, -0.05) is 66.7 Å². The summed E-state index contributed by atoms with van der Waals surface area (Å²) in [6, 6.07) is 25.9. The first-order chi connectivity index (χ1) is 16.1. The number of nitrogens with zero attached hydrogens (tertiary/aromatic N) is 2. The zero-order chi connectivity index (χ0) is 23.0. The Hall–Kier alpha value is -4.00. The first kappa shape index (κ1) is 22.2. The van der Waals surface area contributed by atoms with E-state index in [0.717, 1.165) is 16.7 Å². The van der Waals surface area contributed by atoms with Gasteiger partial charge in [0.2, 0.25) is 5.96 Å². The fourth-order valence-corrected chi connectivity index (χ4v) is 3.59. The van der Waals surface area contributed by atoms with Crippen molar-refractivity contribution in [3.8, 4) is 11.5 Å². The predicted octanol–water partition coefficient (Wildman–Crippen LogP) is 4.54. The molecular formula is C26H27N3O4. The van der Waals surface area contributed by atoms with Gasteiger partial charge >= 0.3 is 6.09 Å². The number of methoxy groups -OCH3 is 1. The molecule has 4 rings (SSSR count). The lowest BCUT2D eigenvalue weighted by molar-refractivity contribution is 0.175. The van der Waals surface area contributed by atoms with Crippen molar-refractivity contribution >= 4 is 12.1 Å². The molecule has 0 spiro atoms. The van der Waals surface area contributed by atoms with Crippen LogP contribution in [0.4, 0.5) is 4.79 Å². The molecule has 170 valence electrons. The molecule has 3 aromatic carbocycles. The standard InChI is InChI=1S/C26H27N3O4/c1-29-22(16-27-25(29)28-26(30)31-2)21-13-14-23(32-17-19-9-5-3-6-10-19)24(15-21)33-18-20-11-7-4-8-12-20/h3-15,22H,16-18H2,1-2H3,(H,27,28,30). The van der Waals surface area contributed by atoms with Crippen LogP contribution in [0.1, 0.15) is 22.7 Å². The van der Waals surface area contributed by atoms with Crippen LogP contribution in [0.5, 0.6) is 11.5 Å². The molecule has 1 aliphatic rings. The highest BCUT2D eigenvalue weighted by atomic mass is 16.5. The topological polar surface area (TPSA) is 72.4 Å². The maximum absolute atomic E-state index is 11.6. The first-order valence-corrected chi connectivity index (χ1v) is 10.7. The summed E-state index contributed by atoms with van der Waals surface area (Å²) in [5, 5.41) is 2.65. The monoisotopic (exact) mass is 445 g/mol. The lowest BCUT2D eigenvalue weighted by atomic mass is 10.1. The fraction of sp³-hybridized carbons (Fsp3) is 0.231. The Morgan fingerprint density at radius 2 is 1.55 bits per heavy atom. The largest absolute Gasteiger partial charge is 0.485 e. The average Bonchev–Trinajstić information content (AvgIpc) is 3.22. The Kier molecular flexibility index (Phi) is 7.09. The molecule has 0 saturated heterocycles. The number of hydrogen-bond acceptors (Lipinski definition) is 6. The van der Waals surface area contributed by atoms with Gasteiger partial charge in [0.05, 0.1) is 19.7 Å². The van der Waals surface area contributed by atoms with Crippen molar-refractivity contribution in [1.29, 1.82) is 0 Å². The molecule has 7 nitrogen and oxygen atoms in total. The highest BCUT2D eigenvalue weighted by molar-refractivity contribution is 5.94. The molecule has 0 radical (unpaired) electrons. The number of guanidine groups is 1. The lowest BCUT2D eigenvalue weighted by Gasteiger charge is -2.24. The summed E-state index contributed by atoms with van der Waals surface area (Å²) < 4.78 is 17.0. The summed E-state index contributed by atoms with van der Waals surface area (Å²) in [5.74, 6) is 1.81. The number of carbonyl (C=O) groups excluding carboxylic acids is 1. The van der Waals surface area contributed by atoms with Crippen LogP contribution in [0, 0.1) is 0 Å². The molecule has 33 heavy (non-hydrogen) atoms. The number of rotatable bonds is 7. The molecule has 7 heteroatoms. The van der Waals surface area contributed by atoms with Crippen molar-refractivity contribution in [2.24, 2.45) is 4.99 Å². The molecule has 0 aliphatic carbocycles. The van der Waals surface area contributed by atoms with Crippen molar-refractivity contribution < 1.29 is 19.0 Å². The number of benzene rings is 3. The first-order valence-electron chi connectivity index (χ1n) is 10.7. The number of alkyl carbamates (subject to hydrolysis) is 1. The normalized spacial score (nSPS) is 15.0. The van der Waals surface area contributed by atoms with E-state index in [1.807, 2.05) is 90.8 Å². The molecule has 1 aliphatic heterocycles. The number of ether oxygens (including phenoxy) is 3. The second kappa shape index (κ2) is 10.5. The van der Waals surface area contributed by atoms with E-state index in [-0.39, 0.29) is 6.04 Å². The van der Waals surface area contributed by atoms with Crippen molar-refractivity contribution in [3.63, 3.8) is 0 Å². The Labute approximate surface area is 193 Å². The van der Waals surface area contributed by atoms with Gasteiger partial charge in [-0.05, 0) is 28.8 Å². The van der Waals surface area contributed by atoms with Gasteiger partial charge < -0.3 is 19.1 Å². The number of nitrogens with one attached hydrogen (secondary N) is 1. The SMILES string of the molecule is COC(=O)NC1=NCC(c2ccc(OCc3ccccc3)c(OCc3ccccc3)c2)N1C. The van der Waals surface area contributed by atoms with E-state index in [4.69, 9.17) is 9.47 Å². The summed E-state index contributed by atoms with van der Waals surface area (Å²) in [4.78, 5) is 17.9.